The number of primary amides is 1. The van der Waals surface area contributed by atoms with E-state index < -0.39 is 138 Å². The Hall–Kier alpha value is -10.9. The van der Waals surface area contributed by atoms with Crippen LogP contribution in [0.2, 0.25) is 0 Å². The molecule has 2 aromatic heterocycles. The number of para-hydroxylation sites is 1. The summed E-state index contributed by atoms with van der Waals surface area (Å²) in [7, 11) is 0. The summed E-state index contributed by atoms with van der Waals surface area (Å²) in [5.41, 5.74) is 31.5. The second-order valence-corrected chi connectivity index (χ2v) is 26.6. The SMILES string of the molecule is CCCC[C@H](NC(=O)[C@H](CO)NC(=O)[C@H](Cc1ccc(O)cc1)NC(=O)[C@H](CCCCN)NC(=O)[C@H](C)N)C(=O)N[C@H]1CCC(=O)CCNCCCC[C@@H](C(N)=O)NC(=O)[C@H](Cc2c[nH]c3ccccc23)NC(=O)[C@H](CCCN=C(N)N)NC(=O)[C@@H](Cc2ccccc2)NC(=O)[C@H](Cc2cccnc2)NC1=O. The van der Waals surface area contributed by atoms with E-state index in [0.29, 0.717) is 73.9 Å². The van der Waals surface area contributed by atoms with Gasteiger partial charge in [-0.05, 0) is 131 Å². The summed E-state index contributed by atoms with van der Waals surface area (Å²) in [6, 6.07) is 9.25. The van der Waals surface area contributed by atoms with Crippen LogP contribution in [0.4, 0.5) is 0 Å². The number of carbonyl (C=O) groups excluding carboxylic acids is 12. The maximum absolute atomic E-state index is 15.2. The van der Waals surface area contributed by atoms with Crippen LogP contribution in [-0.2, 0) is 83.2 Å². The molecule has 33 heteroatoms. The molecule has 3 aromatic carbocycles. The van der Waals surface area contributed by atoms with Gasteiger partial charge in [0.2, 0.25) is 65.0 Å². The highest BCUT2D eigenvalue weighted by Gasteiger charge is 2.37. The molecule has 5 aromatic rings. The molecule has 0 bridgehead atoms. The van der Waals surface area contributed by atoms with E-state index in [9.17, 15) is 53.4 Å². The number of hydrogen-bond donors (Lipinski definition) is 19. The molecule has 107 heavy (non-hydrogen) atoms. The van der Waals surface area contributed by atoms with Crippen molar-refractivity contribution in [2.24, 2.45) is 33.7 Å². The number of pyridine rings is 1. The maximum Gasteiger partial charge on any atom is 0.245 e. The predicted octanol–water partition coefficient (Wildman–Crippen LogP) is -1.90. The average Bonchev–Trinajstić information content (AvgIpc) is 1.75. The van der Waals surface area contributed by atoms with Crippen molar-refractivity contribution in [1.82, 2.24) is 68.5 Å². The van der Waals surface area contributed by atoms with Gasteiger partial charge in [0.15, 0.2) is 5.96 Å². The van der Waals surface area contributed by atoms with Crippen LogP contribution in [0.1, 0.15) is 126 Å². The quantitative estimate of drug-likeness (QED) is 0.0131. The third-order valence-electron chi connectivity index (χ3n) is 18.0. The van der Waals surface area contributed by atoms with Gasteiger partial charge in [-0.1, -0.05) is 86.5 Å². The molecular formula is C74H105N19O14. The van der Waals surface area contributed by atoms with Crippen LogP contribution in [-0.4, -0.2) is 196 Å². The molecule has 1 fully saturated rings. The van der Waals surface area contributed by atoms with E-state index in [4.69, 9.17) is 28.7 Å². The summed E-state index contributed by atoms with van der Waals surface area (Å²) in [6.45, 7) is 3.03. The molecule has 1 aliphatic rings. The Morgan fingerprint density at radius 3 is 1.85 bits per heavy atom. The highest BCUT2D eigenvalue weighted by molar-refractivity contribution is 6.00. The first kappa shape index (κ1) is 85.0. The number of aliphatic hydroxyl groups excluding tert-OH is 1. The molecule has 1 saturated heterocycles. The second kappa shape index (κ2) is 44.8. The van der Waals surface area contributed by atoms with Gasteiger partial charge >= 0.3 is 0 Å². The van der Waals surface area contributed by atoms with E-state index >= 15 is 14.4 Å². The normalized spacial score (nSPS) is 19.8. The van der Waals surface area contributed by atoms with Crippen LogP contribution in [0.15, 0.2) is 115 Å². The number of amides is 11. The molecule has 24 N–H and O–H groups in total. The molecule has 33 nitrogen and oxygen atoms in total. The number of aromatic amines is 1. The summed E-state index contributed by atoms with van der Waals surface area (Å²) in [4.78, 5) is 184. The standard InChI is InChI=1S/C74H105N19O14/c1-3-4-20-54(87-73(107)62(43-94)93-71(105)59(38-46-25-27-49(95)28-26-46)89-66(100)55(23-10-12-32-75)85-64(98)44(2)76)65(99)88-57-30-29-50(96)31-36-80-33-13-11-22-53(63(77)97)84-72(106)61(40-48-42-83-52-21-9-8-19-51(48)52)92-67(101)56(24-15-35-82-74(78)79)86-69(103)58(37-45-16-6-5-7-17-45)91-70(104)60(90-68(57)102)39-47-18-14-34-81-41-47/h5-9,14,16-19,21,25-28,34,41-42,44,53-62,80,83,94-95H,3-4,10-13,15,20,22-24,29-33,35-40,43,75-76H2,1-2H3,(H2,77,97)(H,84,106)(H,85,98)(H,86,103)(H,87,107)(H,88,99)(H,89,100)(H,90,102)(H,91,104)(H,92,101)(H,93,105)(H4,78,79,82)/t44-,53-,54-,55-,56-,57-,58+,59-,60-,61-,62-/m0/s1. The lowest BCUT2D eigenvalue weighted by molar-refractivity contribution is -0.136. The van der Waals surface area contributed by atoms with Crippen molar-refractivity contribution in [3.63, 3.8) is 0 Å². The third-order valence-corrected chi connectivity index (χ3v) is 18.0. The number of carbonyl (C=O) groups is 12. The molecule has 3 heterocycles. The number of rotatable bonds is 31. The Labute approximate surface area is 621 Å². The van der Waals surface area contributed by atoms with Crippen molar-refractivity contribution < 1.29 is 67.7 Å². The van der Waals surface area contributed by atoms with Gasteiger partial charge in [0.1, 0.15) is 72.0 Å². The summed E-state index contributed by atoms with van der Waals surface area (Å²) < 4.78 is 0. The van der Waals surface area contributed by atoms with E-state index in [-0.39, 0.29) is 108 Å². The number of phenols is 1. The van der Waals surface area contributed by atoms with Crippen molar-refractivity contribution in [3.05, 3.63) is 132 Å². The van der Waals surface area contributed by atoms with E-state index in [1.54, 1.807) is 48.7 Å². The van der Waals surface area contributed by atoms with Crippen molar-refractivity contribution in [2.75, 3.05) is 32.8 Å². The van der Waals surface area contributed by atoms with Gasteiger partial charge in [-0.2, -0.15) is 0 Å². The molecule has 1 aliphatic heterocycles. The number of benzene rings is 3. The zero-order valence-electron chi connectivity index (χ0n) is 60.6. The lowest BCUT2D eigenvalue weighted by Crippen LogP contribution is -2.61. The molecule has 6 rings (SSSR count). The summed E-state index contributed by atoms with van der Waals surface area (Å²) >= 11 is 0. The number of hydrogen-bond acceptors (Lipinski definition) is 19. The Morgan fingerprint density at radius 2 is 1.19 bits per heavy atom. The fraction of sp³-hybridized carbons (Fsp3) is 0.486. The van der Waals surface area contributed by atoms with E-state index in [1.807, 2.05) is 31.2 Å². The zero-order valence-corrected chi connectivity index (χ0v) is 60.6. The van der Waals surface area contributed by atoms with E-state index in [0.717, 1.165) is 10.9 Å². The number of aromatic nitrogens is 2. The van der Waals surface area contributed by atoms with Gasteiger partial charge in [0, 0.05) is 81.1 Å². The van der Waals surface area contributed by atoms with Crippen molar-refractivity contribution in [1.29, 1.82) is 0 Å². The minimum absolute atomic E-state index is 0.0115. The number of Topliss-reactive ketones (excluding diaryl/α,β-unsaturated/α-hetero) is 1. The first-order chi connectivity index (χ1) is 51.4. The molecule has 11 atom stereocenters. The van der Waals surface area contributed by atoms with Crippen molar-refractivity contribution in [2.45, 2.75) is 196 Å². The monoisotopic (exact) mass is 1480 g/mol. The predicted molar refractivity (Wildman–Crippen MR) is 399 cm³/mol. The number of phenolic OH excluding ortho intramolecular Hbond substituents is 1. The number of nitrogens with zero attached hydrogens (tertiary/aromatic N) is 2. The Bertz CT molecular complexity index is 3780. The summed E-state index contributed by atoms with van der Waals surface area (Å²) in [5.74, 6) is -10.3. The minimum Gasteiger partial charge on any atom is -0.508 e. The molecule has 0 unspecified atom stereocenters. The van der Waals surface area contributed by atoms with Crippen LogP contribution in [0.25, 0.3) is 10.9 Å². The van der Waals surface area contributed by atoms with Gasteiger partial charge < -0.3 is 102 Å². The molecule has 0 saturated carbocycles. The topological polar surface area (TPSA) is 549 Å². The fourth-order valence-electron chi connectivity index (χ4n) is 11.9. The van der Waals surface area contributed by atoms with Crippen molar-refractivity contribution >= 4 is 87.6 Å². The van der Waals surface area contributed by atoms with Crippen molar-refractivity contribution in [3.8, 4) is 5.75 Å². The maximum atomic E-state index is 15.2. The highest BCUT2D eigenvalue weighted by Crippen LogP contribution is 2.21. The Morgan fingerprint density at radius 1 is 0.598 bits per heavy atom. The first-order valence-electron chi connectivity index (χ1n) is 36.3. The number of ketones is 1. The largest absolute Gasteiger partial charge is 0.508 e. The lowest BCUT2D eigenvalue weighted by atomic mass is 10.0. The van der Waals surface area contributed by atoms with Crippen LogP contribution in [0, 0.1) is 0 Å². The van der Waals surface area contributed by atoms with Crippen LogP contribution >= 0.6 is 0 Å². The van der Waals surface area contributed by atoms with Gasteiger partial charge in [0.05, 0.1) is 12.6 Å². The second-order valence-electron chi connectivity index (χ2n) is 26.6. The highest BCUT2D eigenvalue weighted by atomic mass is 16.3. The van der Waals surface area contributed by atoms with Gasteiger partial charge in [0.25, 0.3) is 0 Å². The number of guanidine groups is 1. The number of fused-ring (bicyclic) bond motifs is 1. The van der Waals surface area contributed by atoms with Gasteiger partial charge in [-0.3, -0.25) is 67.5 Å². The number of nitrogens with two attached hydrogens (primary N) is 5. The summed E-state index contributed by atoms with van der Waals surface area (Å²) in [5, 5.41) is 51.6. The molecule has 580 valence electrons. The summed E-state index contributed by atoms with van der Waals surface area (Å²) in [6.07, 6.45) is 5.84. The fourth-order valence-corrected chi connectivity index (χ4v) is 11.9. The number of unbranched alkanes of at least 4 members (excludes halogenated alkanes) is 2. The number of aliphatic imine (C=N–C) groups is 1. The number of aromatic hydroxyl groups is 1. The number of nitrogens with one attached hydrogen (secondary N) is 12. The van der Waals surface area contributed by atoms with Crippen LogP contribution in [0.5, 0.6) is 5.75 Å². The van der Waals surface area contributed by atoms with Crippen LogP contribution < -0.4 is 87.2 Å². The lowest BCUT2D eigenvalue weighted by Gasteiger charge is -2.28. The number of aliphatic hydroxyl groups is 1. The Kier molecular flexibility index (Phi) is 35.6. The van der Waals surface area contributed by atoms with Gasteiger partial charge in [-0.15, -0.1) is 0 Å². The average molecular weight is 1480 g/mol. The van der Waals surface area contributed by atoms with E-state index in [1.165, 1.54) is 43.6 Å². The van der Waals surface area contributed by atoms with Gasteiger partial charge in [-0.25, -0.2) is 0 Å². The molecular weight excluding hydrogens is 1380 g/mol. The third kappa shape index (κ3) is 29.2. The molecule has 0 aliphatic carbocycles. The minimum atomic E-state index is -1.77. The smallest absolute Gasteiger partial charge is 0.245 e. The van der Waals surface area contributed by atoms with E-state index in [2.05, 4.69) is 73.4 Å². The first-order valence-corrected chi connectivity index (χ1v) is 36.3. The Balaban J connectivity index is 1.33. The zero-order chi connectivity index (χ0) is 77.8. The molecule has 11 amide bonds. The number of H-pyrrole nitrogens is 1. The molecule has 0 radical (unpaired) electrons. The van der Waals surface area contributed by atoms with Crippen LogP contribution in [0.3, 0.4) is 0 Å². The molecule has 0 spiro atoms.